The van der Waals surface area contributed by atoms with Crippen LogP contribution in [0.1, 0.15) is 0 Å². The van der Waals surface area contributed by atoms with Crippen LogP contribution in [0.4, 0.5) is 0 Å². The Labute approximate surface area is 250 Å². The zero-order chi connectivity index (χ0) is 20.6. The number of ether oxygens (including phenoxy) is 3. The number of aliphatic hydroxyl groups excluding tert-OH is 7. The second-order valence-corrected chi connectivity index (χ2v) is 7.27. The summed E-state index contributed by atoms with van der Waals surface area (Å²) in [6, 6.07) is 0. The van der Waals surface area contributed by atoms with Crippen LogP contribution in [-0.2, 0) is 23.3 Å². The molecule has 2 fully saturated rings. The van der Waals surface area contributed by atoms with Crippen molar-refractivity contribution in [1.29, 1.82) is 0 Å². The third-order valence-electron chi connectivity index (χ3n) is 4.29. The molecule has 0 spiro atoms. The van der Waals surface area contributed by atoms with Gasteiger partial charge in [-0.05, 0) is 0 Å². The molecule has 2 heterocycles. The summed E-state index contributed by atoms with van der Waals surface area (Å²) in [4.78, 5) is 21.1. The zero-order valence-corrected chi connectivity index (χ0v) is 22.8. The van der Waals surface area contributed by atoms with Gasteiger partial charge in [0.15, 0.2) is 6.29 Å². The predicted octanol–water partition coefficient (Wildman–Crippen LogP) is -12.5. The van der Waals surface area contributed by atoms with Crippen LogP contribution in [0, 0.1) is 0 Å². The molecule has 9 atom stereocenters. The number of aliphatic hydroxyl groups is 7. The molecule has 160 valence electrons. The van der Waals surface area contributed by atoms with E-state index >= 15 is 0 Å². The summed E-state index contributed by atoms with van der Waals surface area (Å²) in [6.45, 7) is -2.91. The molecule has 0 aromatic heterocycles. The van der Waals surface area contributed by atoms with Crippen LogP contribution in [-0.4, -0.2) is 110 Å². The number of hydrogen-bond donors (Lipinski definition) is 7. The largest absolute Gasteiger partial charge is 1.00 e. The van der Waals surface area contributed by atoms with Crippen LogP contribution in [0.5, 0.6) is 0 Å². The van der Waals surface area contributed by atoms with Gasteiger partial charge in [-0.25, -0.2) is 0 Å². The molecule has 0 saturated carbocycles. The maximum Gasteiger partial charge on any atom is 1.00 e. The van der Waals surface area contributed by atoms with Crippen LogP contribution >= 0.6 is 7.82 Å². The second kappa shape index (κ2) is 13.2. The van der Waals surface area contributed by atoms with Crippen molar-refractivity contribution in [2.24, 2.45) is 0 Å². The SMILES string of the molecule is O=P([O-])([O-])OC[C@H]1O[C@@](CO)(O[C@H]2O[C@H](CO)[C@@H](O)[C@H](O)[C@H]2O)[C@@H](O)[C@@H]1O.[K+].[K+]. The molecule has 0 amide bonds. The van der Waals surface area contributed by atoms with Crippen LogP contribution in [0.3, 0.4) is 0 Å². The Morgan fingerprint density at radius 2 is 1.52 bits per heavy atom. The van der Waals surface area contributed by atoms with Crippen molar-refractivity contribution in [3.05, 3.63) is 0 Å². The van der Waals surface area contributed by atoms with Crippen molar-refractivity contribution in [2.75, 3.05) is 19.8 Å². The molecule has 2 aliphatic rings. The van der Waals surface area contributed by atoms with Gasteiger partial charge in [0.2, 0.25) is 5.79 Å². The number of phosphoric ester groups is 1. The normalized spacial score (nSPS) is 42.8. The molecule has 0 unspecified atom stereocenters. The van der Waals surface area contributed by atoms with E-state index in [0.717, 1.165) is 0 Å². The van der Waals surface area contributed by atoms with E-state index in [4.69, 9.17) is 19.3 Å². The summed E-state index contributed by atoms with van der Waals surface area (Å²) in [7, 11) is -5.42. The minimum Gasteiger partial charge on any atom is -0.790 e. The predicted molar refractivity (Wildman–Crippen MR) is 75.1 cm³/mol. The van der Waals surface area contributed by atoms with Gasteiger partial charge in [-0.1, -0.05) is 0 Å². The van der Waals surface area contributed by atoms with Crippen molar-refractivity contribution in [3.63, 3.8) is 0 Å². The average molecular weight is 498 g/mol. The van der Waals surface area contributed by atoms with E-state index in [-0.39, 0.29) is 103 Å². The van der Waals surface area contributed by atoms with Crippen molar-refractivity contribution in [3.8, 4) is 0 Å². The summed E-state index contributed by atoms with van der Waals surface area (Å²) in [5.74, 6) is -2.46. The van der Waals surface area contributed by atoms with Gasteiger partial charge in [-0.3, -0.25) is 0 Å². The molecule has 0 aromatic carbocycles. The first-order valence-corrected chi connectivity index (χ1v) is 9.21. The first-order valence-electron chi connectivity index (χ1n) is 7.75. The van der Waals surface area contributed by atoms with E-state index in [9.17, 15) is 45.0 Å². The average Bonchev–Trinajstić information content (AvgIpc) is 2.85. The van der Waals surface area contributed by atoms with Gasteiger partial charge >= 0.3 is 103 Å². The minimum atomic E-state index is -5.42. The van der Waals surface area contributed by atoms with Gasteiger partial charge in [0, 0.05) is 0 Å². The monoisotopic (exact) mass is 498 g/mol. The maximum absolute atomic E-state index is 10.5. The van der Waals surface area contributed by atoms with E-state index in [0.29, 0.717) is 0 Å². The summed E-state index contributed by atoms with van der Waals surface area (Å²) < 4.78 is 29.9. The first kappa shape index (κ1) is 32.0. The number of phosphoric acid groups is 1. The molecule has 0 bridgehead atoms. The Bertz CT molecular complexity index is 551. The van der Waals surface area contributed by atoms with E-state index in [1.54, 1.807) is 0 Å². The van der Waals surface area contributed by atoms with E-state index in [1.807, 2.05) is 0 Å². The molecule has 2 saturated heterocycles. The van der Waals surface area contributed by atoms with Gasteiger partial charge in [0.05, 0.1) is 21.0 Å². The first-order chi connectivity index (χ1) is 12.5. The third-order valence-corrected chi connectivity index (χ3v) is 4.75. The molecular formula is C12H21K2O14P. The molecule has 0 aromatic rings. The smallest absolute Gasteiger partial charge is 0.790 e. The quantitative estimate of drug-likeness (QED) is 0.127. The van der Waals surface area contributed by atoms with Crippen molar-refractivity contribution < 1.29 is 172 Å². The van der Waals surface area contributed by atoms with Gasteiger partial charge in [-0.2, -0.15) is 0 Å². The molecule has 2 aliphatic heterocycles. The molecule has 0 aliphatic carbocycles. The molecule has 17 heteroatoms. The van der Waals surface area contributed by atoms with E-state index in [1.165, 1.54) is 0 Å². The van der Waals surface area contributed by atoms with Crippen molar-refractivity contribution in [1.82, 2.24) is 0 Å². The molecule has 7 N–H and O–H groups in total. The summed E-state index contributed by atoms with van der Waals surface area (Å²) in [5, 5.41) is 68.2. The van der Waals surface area contributed by atoms with Crippen molar-refractivity contribution >= 4 is 7.82 Å². The molecule has 29 heavy (non-hydrogen) atoms. The molecular weight excluding hydrogens is 477 g/mol. The fraction of sp³-hybridized carbons (Fsp3) is 1.00. The Balaban J connectivity index is 0.00000392. The zero-order valence-electron chi connectivity index (χ0n) is 15.7. The topological polar surface area (TPSA) is 242 Å². The third kappa shape index (κ3) is 7.74. The van der Waals surface area contributed by atoms with E-state index in [2.05, 4.69) is 4.52 Å². The maximum atomic E-state index is 10.5. The fourth-order valence-electron chi connectivity index (χ4n) is 2.78. The minimum absolute atomic E-state index is 0. The van der Waals surface area contributed by atoms with Gasteiger partial charge < -0.3 is 68.8 Å². The molecule has 0 radical (unpaired) electrons. The standard InChI is InChI=1S/C12H23O14P.2K/c13-1-4-6(15)8(17)9(18)11(24-4)26-12(3-14)10(19)7(16)5(25-12)2-23-27(20,21)22;;/h4-11,13-19H,1-3H2,(H2,20,21,22);;/q;2*+1/p-2/t4-,5-,6-,7-,8+,9-,10+,11-,12+;;/m1../s1. The Kier molecular flexibility index (Phi) is 14.5. The fourth-order valence-corrected chi connectivity index (χ4v) is 3.11. The van der Waals surface area contributed by atoms with Gasteiger partial charge in [-0.15, -0.1) is 0 Å². The Hall–Kier alpha value is 2.98. The number of hydrogen-bond acceptors (Lipinski definition) is 14. The Morgan fingerprint density at radius 3 is 2.00 bits per heavy atom. The van der Waals surface area contributed by atoms with Gasteiger partial charge in [0.1, 0.15) is 49.3 Å². The number of rotatable bonds is 7. The Morgan fingerprint density at radius 1 is 0.931 bits per heavy atom. The van der Waals surface area contributed by atoms with Crippen molar-refractivity contribution in [2.45, 2.75) is 54.8 Å². The molecule has 2 rings (SSSR count). The summed E-state index contributed by atoms with van der Waals surface area (Å²) in [6.07, 6.45) is -14.1. The summed E-state index contributed by atoms with van der Waals surface area (Å²) in [5.41, 5.74) is 0. The molecule has 14 nitrogen and oxygen atoms in total. The second-order valence-electron chi connectivity index (χ2n) is 6.12. The van der Waals surface area contributed by atoms with Gasteiger partial charge in [0.25, 0.3) is 0 Å². The van der Waals surface area contributed by atoms with Crippen LogP contribution in [0.25, 0.3) is 0 Å². The van der Waals surface area contributed by atoms with Crippen LogP contribution in [0.2, 0.25) is 0 Å². The van der Waals surface area contributed by atoms with E-state index < -0.39 is 82.4 Å². The van der Waals surface area contributed by atoms with Crippen LogP contribution in [0.15, 0.2) is 0 Å². The summed E-state index contributed by atoms with van der Waals surface area (Å²) >= 11 is 0. The van der Waals surface area contributed by atoms with Crippen LogP contribution < -0.4 is 113 Å².